The number of aliphatic carboxylic acids is 1. The lowest BCUT2D eigenvalue weighted by atomic mass is 9.91. The van der Waals surface area contributed by atoms with Gasteiger partial charge >= 0.3 is 5.97 Å². The molecule has 0 radical (unpaired) electrons. The third kappa shape index (κ3) is 6.30. The second-order valence-electron chi connectivity index (χ2n) is 7.61. The number of carboxylic acids is 1. The average molecular weight is 403 g/mol. The van der Waals surface area contributed by atoms with Gasteiger partial charge in [-0.05, 0) is 37.3 Å². The summed E-state index contributed by atoms with van der Waals surface area (Å²) in [7, 11) is 0. The van der Waals surface area contributed by atoms with E-state index in [1.807, 2.05) is 36.4 Å². The molecule has 3 N–H and O–H groups in total. The Balaban J connectivity index is 1.43. The van der Waals surface area contributed by atoms with E-state index >= 15 is 0 Å². The van der Waals surface area contributed by atoms with Gasteiger partial charge in [0.05, 0.1) is 18.8 Å². The van der Waals surface area contributed by atoms with Gasteiger partial charge in [0.1, 0.15) is 18.5 Å². The Labute approximate surface area is 170 Å². The van der Waals surface area contributed by atoms with Gasteiger partial charge in [-0.3, -0.25) is 9.79 Å². The molecule has 158 valence electrons. The van der Waals surface area contributed by atoms with Crippen LogP contribution in [0.25, 0.3) is 0 Å². The first-order valence-corrected chi connectivity index (χ1v) is 10.2. The number of ether oxygens (including phenoxy) is 2. The van der Waals surface area contributed by atoms with Crippen LogP contribution in [-0.4, -0.2) is 58.7 Å². The number of hydrogen-bond donors (Lipinski definition) is 3. The van der Waals surface area contributed by atoms with Crippen molar-refractivity contribution in [1.82, 2.24) is 0 Å². The van der Waals surface area contributed by atoms with E-state index < -0.39 is 18.2 Å². The Morgan fingerprint density at radius 2 is 2.03 bits per heavy atom. The van der Waals surface area contributed by atoms with Crippen LogP contribution >= 0.6 is 0 Å². The van der Waals surface area contributed by atoms with Gasteiger partial charge in [-0.25, -0.2) is 0 Å². The zero-order valence-electron chi connectivity index (χ0n) is 16.4. The third-order valence-corrected chi connectivity index (χ3v) is 5.41. The van der Waals surface area contributed by atoms with Gasteiger partial charge in [0.2, 0.25) is 0 Å². The van der Waals surface area contributed by atoms with Crippen molar-refractivity contribution in [2.75, 3.05) is 13.2 Å². The fourth-order valence-corrected chi connectivity index (χ4v) is 3.93. The molecule has 3 rings (SSSR count). The van der Waals surface area contributed by atoms with Crippen LogP contribution in [0.3, 0.4) is 0 Å². The number of benzene rings is 1. The number of aliphatic imine (C=N–C) groups is 1. The smallest absolute Gasteiger partial charge is 0.303 e. The quantitative estimate of drug-likeness (QED) is 0.409. The number of carboxylic acid groups (broad SMARTS) is 1. The first-order valence-electron chi connectivity index (χ1n) is 10.2. The summed E-state index contributed by atoms with van der Waals surface area (Å²) in [6, 6.07) is 9.35. The zero-order valence-corrected chi connectivity index (χ0v) is 16.4. The highest BCUT2D eigenvalue weighted by molar-refractivity contribution is 5.79. The van der Waals surface area contributed by atoms with E-state index in [-0.39, 0.29) is 30.9 Å². The largest absolute Gasteiger partial charge is 0.491 e. The van der Waals surface area contributed by atoms with Crippen LogP contribution in [0, 0.1) is 11.8 Å². The molecule has 0 amide bonds. The summed E-state index contributed by atoms with van der Waals surface area (Å²) in [4.78, 5) is 15.1. The van der Waals surface area contributed by atoms with Gasteiger partial charge in [-0.15, -0.1) is 0 Å². The predicted molar refractivity (Wildman–Crippen MR) is 108 cm³/mol. The molecule has 0 aromatic heterocycles. The number of carbonyl (C=O) groups is 1. The van der Waals surface area contributed by atoms with Crippen LogP contribution in [0.2, 0.25) is 0 Å². The van der Waals surface area contributed by atoms with E-state index in [4.69, 9.17) is 14.6 Å². The monoisotopic (exact) mass is 403 g/mol. The highest BCUT2D eigenvalue weighted by Crippen LogP contribution is 2.41. The van der Waals surface area contributed by atoms with Crippen LogP contribution in [0.5, 0.6) is 5.75 Å². The summed E-state index contributed by atoms with van der Waals surface area (Å²) in [5, 5.41) is 29.2. The molecule has 1 aromatic rings. The normalized spacial score (nSPS) is 26.9. The van der Waals surface area contributed by atoms with Gasteiger partial charge in [-0.2, -0.15) is 0 Å². The summed E-state index contributed by atoms with van der Waals surface area (Å²) in [5.74, 6) is 0.683. The van der Waals surface area contributed by atoms with E-state index in [1.54, 1.807) is 6.08 Å². The van der Waals surface area contributed by atoms with E-state index in [1.165, 1.54) is 0 Å². The van der Waals surface area contributed by atoms with E-state index in [2.05, 4.69) is 4.99 Å². The van der Waals surface area contributed by atoms with E-state index in [0.29, 0.717) is 43.9 Å². The summed E-state index contributed by atoms with van der Waals surface area (Å²) in [6.45, 7) is 0.614. The molecule has 7 heteroatoms. The molecule has 5 atom stereocenters. The fraction of sp³-hybridized carbons (Fsp3) is 0.545. The van der Waals surface area contributed by atoms with Crippen molar-refractivity contribution in [3.05, 3.63) is 42.5 Å². The molecule has 2 aliphatic rings. The minimum absolute atomic E-state index is 0.0337. The van der Waals surface area contributed by atoms with Crippen molar-refractivity contribution in [3.8, 4) is 5.75 Å². The second-order valence-corrected chi connectivity index (χ2v) is 7.61. The number of aliphatic hydroxyl groups excluding tert-OH is 2. The van der Waals surface area contributed by atoms with Crippen molar-refractivity contribution >= 4 is 11.9 Å². The van der Waals surface area contributed by atoms with Crippen LogP contribution in [0.1, 0.15) is 32.1 Å². The lowest BCUT2D eigenvalue weighted by Gasteiger charge is -2.17. The zero-order chi connectivity index (χ0) is 20.6. The number of para-hydroxylation sites is 1. The number of nitrogens with zero attached hydrogens (tertiary/aromatic N) is 1. The standard InChI is InChI=1S/C22H29NO6/c24-15(14-29-16-6-2-1-3-7-16)9-10-17-18-12-21(23-19(18)13-20(17)25)28-11-5-4-8-22(26)27/h1-3,6-7,9-10,15,17-20,24-25H,4-5,8,11-14H2,(H,26,27)/t15-,17?,18?,19?,20?/m0/s1. The molecule has 0 bridgehead atoms. The molecule has 29 heavy (non-hydrogen) atoms. The maximum absolute atomic E-state index is 10.5. The van der Waals surface area contributed by atoms with Crippen LogP contribution in [-0.2, 0) is 9.53 Å². The van der Waals surface area contributed by atoms with Crippen LogP contribution < -0.4 is 4.74 Å². The van der Waals surface area contributed by atoms with Crippen molar-refractivity contribution in [2.45, 2.75) is 50.4 Å². The minimum atomic E-state index is -0.794. The molecule has 1 heterocycles. The summed E-state index contributed by atoms with van der Waals surface area (Å²) in [6.07, 6.45) is 4.98. The maximum Gasteiger partial charge on any atom is 0.303 e. The van der Waals surface area contributed by atoms with E-state index in [9.17, 15) is 15.0 Å². The topological polar surface area (TPSA) is 109 Å². The Morgan fingerprint density at radius 1 is 1.24 bits per heavy atom. The molecular weight excluding hydrogens is 374 g/mol. The lowest BCUT2D eigenvalue weighted by molar-refractivity contribution is -0.137. The summed E-state index contributed by atoms with van der Waals surface area (Å²) < 4.78 is 11.2. The van der Waals surface area contributed by atoms with Gasteiger partial charge in [-0.1, -0.05) is 30.4 Å². The van der Waals surface area contributed by atoms with Gasteiger partial charge in [0.15, 0.2) is 5.90 Å². The van der Waals surface area contributed by atoms with Crippen molar-refractivity contribution in [1.29, 1.82) is 0 Å². The van der Waals surface area contributed by atoms with Gasteiger partial charge in [0, 0.05) is 18.8 Å². The highest BCUT2D eigenvalue weighted by Gasteiger charge is 2.45. The first-order chi connectivity index (χ1) is 14.0. The Kier molecular flexibility index (Phi) is 7.66. The van der Waals surface area contributed by atoms with Gasteiger partial charge in [0.25, 0.3) is 0 Å². The highest BCUT2D eigenvalue weighted by atomic mass is 16.5. The van der Waals surface area contributed by atoms with Crippen molar-refractivity contribution in [3.63, 3.8) is 0 Å². The molecule has 1 saturated carbocycles. The van der Waals surface area contributed by atoms with E-state index in [0.717, 1.165) is 0 Å². The Morgan fingerprint density at radius 3 is 2.79 bits per heavy atom. The fourth-order valence-electron chi connectivity index (χ4n) is 3.93. The molecule has 1 fully saturated rings. The first kappa shape index (κ1) is 21.3. The van der Waals surface area contributed by atoms with Crippen molar-refractivity contribution < 1.29 is 29.6 Å². The molecule has 0 saturated heterocycles. The maximum atomic E-state index is 10.5. The van der Waals surface area contributed by atoms with Crippen LogP contribution in [0.15, 0.2) is 47.5 Å². The summed E-state index contributed by atoms with van der Waals surface area (Å²) >= 11 is 0. The van der Waals surface area contributed by atoms with Crippen LogP contribution in [0.4, 0.5) is 0 Å². The molecule has 1 aliphatic carbocycles. The lowest BCUT2D eigenvalue weighted by Crippen LogP contribution is -2.21. The number of unbranched alkanes of at least 4 members (excludes halogenated alkanes) is 1. The molecule has 0 spiro atoms. The number of fused-ring (bicyclic) bond motifs is 1. The van der Waals surface area contributed by atoms with Gasteiger partial charge < -0.3 is 24.8 Å². The molecule has 1 aromatic carbocycles. The number of hydrogen-bond acceptors (Lipinski definition) is 6. The van der Waals surface area contributed by atoms with Crippen molar-refractivity contribution in [2.24, 2.45) is 16.8 Å². The second kappa shape index (κ2) is 10.4. The average Bonchev–Trinajstić information content (AvgIpc) is 3.21. The number of aliphatic hydroxyl groups is 2. The molecule has 7 nitrogen and oxygen atoms in total. The Bertz CT molecular complexity index is 719. The SMILES string of the molecule is O=C(O)CCCCOC1=NC2CC(O)C(C=C[C@H](O)COc3ccccc3)C2C1. The molecule has 4 unspecified atom stereocenters. The molecular formula is C22H29NO6. The Hall–Kier alpha value is -2.38. The summed E-state index contributed by atoms with van der Waals surface area (Å²) in [5.41, 5.74) is 0. The molecule has 1 aliphatic heterocycles. The predicted octanol–water partition coefficient (Wildman–Crippen LogP) is 2.42. The number of rotatable bonds is 10. The minimum Gasteiger partial charge on any atom is -0.491 e. The third-order valence-electron chi connectivity index (χ3n) is 5.41.